The van der Waals surface area contributed by atoms with Crippen LogP contribution in [0.5, 0.6) is 11.5 Å². The van der Waals surface area contributed by atoms with Gasteiger partial charge < -0.3 is 14.2 Å². The van der Waals surface area contributed by atoms with Gasteiger partial charge in [-0.1, -0.05) is 26.0 Å². The Bertz CT molecular complexity index is 546. The van der Waals surface area contributed by atoms with Gasteiger partial charge in [-0.05, 0) is 45.7 Å². The quantitative estimate of drug-likeness (QED) is 0.436. The molecule has 0 fully saturated rings. The van der Waals surface area contributed by atoms with Gasteiger partial charge in [-0.3, -0.25) is 9.59 Å². The first-order chi connectivity index (χ1) is 10.6. The lowest BCUT2D eigenvalue weighted by Gasteiger charge is -2.22. The molecule has 0 aliphatic heterocycles. The molecular weight excluding hydrogens is 296 g/mol. The molecule has 0 N–H and O–H groups in total. The summed E-state index contributed by atoms with van der Waals surface area (Å²) in [5.74, 6) is -0.325. The molecule has 0 radical (unpaired) electrons. The van der Waals surface area contributed by atoms with E-state index in [2.05, 4.69) is 0 Å². The SMILES string of the molecule is CC(C)COC(=O)C(C)(C)C(=O)Oc1ccccc1OC(C)C. The Morgan fingerprint density at radius 3 is 2.09 bits per heavy atom. The van der Waals surface area contributed by atoms with E-state index < -0.39 is 17.4 Å². The van der Waals surface area contributed by atoms with Crippen LogP contribution in [-0.4, -0.2) is 24.6 Å². The molecule has 0 bridgehead atoms. The number of hydrogen-bond acceptors (Lipinski definition) is 5. The average molecular weight is 322 g/mol. The van der Waals surface area contributed by atoms with Crippen LogP contribution < -0.4 is 9.47 Å². The molecule has 0 aliphatic rings. The van der Waals surface area contributed by atoms with E-state index in [9.17, 15) is 9.59 Å². The highest BCUT2D eigenvalue weighted by atomic mass is 16.6. The molecule has 0 heterocycles. The smallest absolute Gasteiger partial charge is 0.328 e. The first-order valence-corrected chi connectivity index (χ1v) is 7.79. The highest BCUT2D eigenvalue weighted by molar-refractivity contribution is 6.00. The van der Waals surface area contributed by atoms with Crippen LogP contribution >= 0.6 is 0 Å². The van der Waals surface area contributed by atoms with Crippen molar-refractivity contribution in [2.45, 2.75) is 47.6 Å². The van der Waals surface area contributed by atoms with Gasteiger partial charge in [-0.25, -0.2) is 0 Å². The van der Waals surface area contributed by atoms with Crippen LogP contribution in [0.15, 0.2) is 24.3 Å². The van der Waals surface area contributed by atoms with Crippen LogP contribution in [0, 0.1) is 11.3 Å². The molecule has 1 aromatic carbocycles. The summed E-state index contributed by atoms with van der Waals surface area (Å²) >= 11 is 0. The van der Waals surface area contributed by atoms with Crippen LogP contribution in [-0.2, 0) is 14.3 Å². The van der Waals surface area contributed by atoms with Crippen molar-refractivity contribution in [2.75, 3.05) is 6.61 Å². The van der Waals surface area contributed by atoms with Crippen LogP contribution in [0.1, 0.15) is 41.5 Å². The molecule has 0 saturated heterocycles. The standard InChI is InChI=1S/C18H26O5/c1-12(2)11-21-16(19)18(5,6)17(20)23-15-10-8-7-9-14(15)22-13(3)4/h7-10,12-13H,11H2,1-6H3. The molecule has 0 spiro atoms. The number of hydrogen-bond donors (Lipinski definition) is 0. The van der Waals surface area contributed by atoms with Crippen LogP contribution in [0.25, 0.3) is 0 Å². The predicted octanol–water partition coefficient (Wildman–Crippen LogP) is 3.60. The number of carbonyl (C=O) groups is 2. The molecule has 23 heavy (non-hydrogen) atoms. The minimum Gasteiger partial charge on any atom is -0.487 e. The summed E-state index contributed by atoms with van der Waals surface area (Å²) in [6.07, 6.45) is -0.0566. The van der Waals surface area contributed by atoms with Gasteiger partial charge in [0.25, 0.3) is 0 Å². The van der Waals surface area contributed by atoms with Gasteiger partial charge in [0.05, 0.1) is 12.7 Å². The summed E-state index contributed by atoms with van der Waals surface area (Å²) < 4.78 is 16.1. The molecule has 0 saturated carbocycles. The van der Waals surface area contributed by atoms with Crippen molar-refractivity contribution >= 4 is 11.9 Å². The van der Waals surface area contributed by atoms with Crippen molar-refractivity contribution in [3.63, 3.8) is 0 Å². The van der Waals surface area contributed by atoms with Gasteiger partial charge in [-0.15, -0.1) is 0 Å². The second-order valence-electron chi connectivity index (χ2n) is 6.62. The number of esters is 2. The highest BCUT2D eigenvalue weighted by Gasteiger charge is 2.40. The van der Waals surface area contributed by atoms with Crippen LogP contribution in [0.4, 0.5) is 0 Å². The first-order valence-electron chi connectivity index (χ1n) is 7.79. The zero-order chi connectivity index (χ0) is 17.6. The third-order valence-corrected chi connectivity index (χ3v) is 2.98. The minimum absolute atomic E-state index is 0.0566. The Hall–Kier alpha value is -2.04. The van der Waals surface area contributed by atoms with Crippen molar-refractivity contribution in [3.05, 3.63) is 24.3 Å². The zero-order valence-electron chi connectivity index (χ0n) is 14.7. The topological polar surface area (TPSA) is 61.8 Å². The molecule has 0 amide bonds. The molecule has 1 rings (SSSR count). The van der Waals surface area contributed by atoms with Crippen molar-refractivity contribution in [1.82, 2.24) is 0 Å². The van der Waals surface area contributed by atoms with Crippen molar-refractivity contribution in [3.8, 4) is 11.5 Å². The van der Waals surface area contributed by atoms with E-state index in [1.165, 1.54) is 13.8 Å². The molecule has 5 nitrogen and oxygen atoms in total. The number of para-hydroxylation sites is 2. The number of rotatable bonds is 7. The summed E-state index contributed by atoms with van der Waals surface area (Å²) in [7, 11) is 0. The van der Waals surface area contributed by atoms with Crippen LogP contribution in [0.3, 0.4) is 0 Å². The van der Waals surface area contributed by atoms with E-state index in [1.807, 2.05) is 27.7 Å². The molecule has 0 aromatic heterocycles. The molecule has 0 atom stereocenters. The highest BCUT2D eigenvalue weighted by Crippen LogP contribution is 2.30. The normalized spacial score (nSPS) is 11.5. The van der Waals surface area contributed by atoms with Crippen molar-refractivity contribution in [1.29, 1.82) is 0 Å². The third-order valence-electron chi connectivity index (χ3n) is 2.98. The van der Waals surface area contributed by atoms with Crippen molar-refractivity contribution < 1.29 is 23.8 Å². The largest absolute Gasteiger partial charge is 0.487 e. The average Bonchev–Trinajstić information content (AvgIpc) is 2.45. The number of ether oxygens (including phenoxy) is 3. The lowest BCUT2D eigenvalue weighted by atomic mass is 9.94. The molecule has 128 valence electrons. The molecule has 0 aliphatic carbocycles. The van der Waals surface area contributed by atoms with E-state index in [0.29, 0.717) is 5.75 Å². The van der Waals surface area contributed by atoms with Crippen LogP contribution in [0.2, 0.25) is 0 Å². The maximum atomic E-state index is 12.4. The summed E-state index contributed by atoms with van der Waals surface area (Å²) in [6.45, 7) is 10.9. The fraction of sp³-hybridized carbons (Fsp3) is 0.556. The van der Waals surface area contributed by atoms with Gasteiger partial charge in [0.15, 0.2) is 16.9 Å². The lowest BCUT2D eigenvalue weighted by Crippen LogP contribution is -2.38. The number of benzene rings is 1. The third kappa shape index (κ3) is 5.58. The maximum absolute atomic E-state index is 12.4. The number of carbonyl (C=O) groups excluding carboxylic acids is 2. The summed E-state index contributed by atoms with van der Waals surface area (Å²) in [5.41, 5.74) is -1.39. The summed E-state index contributed by atoms with van der Waals surface area (Å²) in [5, 5.41) is 0. The van der Waals surface area contributed by atoms with E-state index in [1.54, 1.807) is 24.3 Å². The van der Waals surface area contributed by atoms with E-state index in [0.717, 1.165) is 0 Å². The second-order valence-corrected chi connectivity index (χ2v) is 6.62. The summed E-state index contributed by atoms with van der Waals surface area (Å²) in [6, 6.07) is 6.87. The zero-order valence-corrected chi connectivity index (χ0v) is 14.7. The van der Waals surface area contributed by atoms with E-state index in [-0.39, 0.29) is 24.4 Å². The molecule has 0 unspecified atom stereocenters. The van der Waals surface area contributed by atoms with Gasteiger partial charge >= 0.3 is 11.9 Å². The Labute approximate surface area is 137 Å². The molecular formula is C18H26O5. The van der Waals surface area contributed by atoms with E-state index >= 15 is 0 Å². The predicted molar refractivity (Wildman–Crippen MR) is 87.4 cm³/mol. The fourth-order valence-corrected chi connectivity index (χ4v) is 1.62. The first kappa shape index (κ1) is 19.0. The minimum atomic E-state index is -1.39. The summed E-state index contributed by atoms with van der Waals surface area (Å²) in [4.78, 5) is 24.5. The molecule has 5 heteroatoms. The lowest BCUT2D eigenvalue weighted by molar-refractivity contribution is -0.165. The van der Waals surface area contributed by atoms with E-state index in [4.69, 9.17) is 14.2 Å². The monoisotopic (exact) mass is 322 g/mol. The Balaban J connectivity index is 2.84. The van der Waals surface area contributed by atoms with Gasteiger partial charge in [0, 0.05) is 0 Å². The van der Waals surface area contributed by atoms with Gasteiger partial charge in [-0.2, -0.15) is 0 Å². The Morgan fingerprint density at radius 2 is 1.57 bits per heavy atom. The maximum Gasteiger partial charge on any atom is 0.328 e. The fourth-order valence-electron chi connectivity index (χ4n) is 1.62. The van der Waals surface area contributed by atoms with Crippen molar-refractivity contribution in [2.24, 2.45) is 11.3 Å². The van der Waals surface area contributed by atoms with Gasteiger partial charge in [0.1, 0.15) is 0 Å². The van der Waals surface area contributed by atoms with Gasteiger partial charge in [0.2, 0.25) is 0 Å². The molecule has 1 aromatic rings. The Morgan fingerprint density at radius 1 is 1.00 bits per heavy atom. The second kappa shape index (κ2) is 7.99. The Kier molecular flexibility index (Phi) is 6.61.